The normalized spacial score (nSPS) is 10.8. The van der Waals surface area contributed by atoms with E-state index in [1.807, 2.05) is 56.7 Å². The second kappa shape index (κ2) is 6.99. The lowest BCUT2D eigenvalue weighted by Crippen LogP contribution is -2.23. The van der Waals surface area contributed by atoms with Gasteiger partial charge in [-0.1, -0.05) is 0 Å². The first-order valence-corrected chi connectivity index (χ1v) is 8.33. The molecule has 8 heteroatoms. The lowest BCUT2D eigenvalue weighted by atomic mass is 10.1. The van der Waals surface area contributed by atoms with E-state index in [0.717, 1.165) is 34.0 Å². The largest absolute Gasteiger partial charge is 0.363 e. The number of nitrogens with one attached hydrogen (secondary N) is 2. The molecule has 0 aromatic carbocycles. The van der Waals surface area contributed by atoms with Gasteiger partial charge in [0.05, 0.1) is 11.4 Å². The maximum atomic E-state index is 12.4. The van der Waals surface area contributed by atoms with Gasteiger partial charge in [-0.2, -0.15) is 10.2 Å². The summed E-state index contributed by atoms with van der Waals surface area (Å²) in [6.07, 6.45) is 1.74. The number of rotatable bonds is 5. The molecule has 0 aliphatic heterocycles. The second-order valence-corrected chi connectivity index (χ2v) is 6.44. The van der Waals surface area contributed by atoms with Gasteiger partial charge in [0, 0.05) is 45.1 Å². The maximum absolute atomic E-state index is 12.4. The molecular formula is C18H23N7O. The van der Waals surface area contributed by atoms with Crippen molar-refractivity contribution in [2.24, 2.45) is 7.05 Å². The molecular weight excluding hydrogens is 330 g/mol. The molecule has 0 unspecified atom stereocenters. The molecule has 1 amide bonds. The number of carbonyl (C=O) groups excluding carboxylic acids is 1. The summed E-state index contributed by atoms with van der Waals surface area (Å²) in [6.45, 7) is 4.33. The smallest absolute Gasteiger partial charge is 0.269 e. The molecule has 26 heavy (non-hydrogen) atoms. The van der Waals surface area contributed by atoms with E-state index < -0.39 is 0 Å². The van der Waals surface area contributed by atoms with Gasteiger partial charge in [0.25, 0.3) is 5.91 Å². The first-order chi connectivity index (χ1) is 12.4. The van der Waals surface area contributed by atoms with Crippen LogP contribution in [0, 0.1) is 13.8 Å². The third-order valence-corrected chi connectivity index (χ3v) is 4.31. The highest BCUT2D eigenvalue weighted by Gasteiger charge is 2.17. The number of aromatic nitrogens is 5. The van der Waals surface area contributed by atoms with Crippen LogP contribution < -0.4 is 10.2 Å². The maximum Gasteiger partial charge on any atom is 0.269 e. The van der Waals surface area contributed by atoms with Crippen molar-refractivity contribution in [3.8, 4) is 11.3 Å². The van der Waals surface area contributed by atoms with Gasteiger partial charge >= 0.3 is 0 Å². The highest BCUT2D eigenvalue weighted by molar-refractivity contribution is 5.93. The Morgan fingerprint density at radius 1 is 1.31 bits per heavy atom. The molecule has 3 rings (SSSR count). The summed E-state index contributed by atoms with van der Waals surface area (Å²) < 4.78 is 1.81. The molecule has 0 saturated heterocycles. The van der Waals surface area contributed by atoms with Crippen LogP contribution in [0.4, 0.5) is 5.82 Å². The quantitative estimate of drug-likeness (QED) is 0.730. The molecule has 0 bridgehead atoms. The van der Waals surface area contributed by atoms with E-state index in [2.05, 4.69) is 25.6 Å². The summed E-state index contributed by atoms with van der Waals surface area (Å²) in [6, 6.07) is 5.58. The van der Waals surface area contributed by atoms with E-state index in [1.165, 1.54) is 0 Å². The van der Waals surface area contributed by atoms with Crippen molar-refractivity contribution in [1.29, 1.82) is 0 Å². The molecule has 0 spiro atoms. The topological polar surface area (TPSA) is 91.7 Å². The van der Waals surface area contributed by atoms with Crippen molar-refractivity contribution in [2.75, 3.05) is 19.0 Å². The molecule has 136 valence electrons. The minimum atomic E-state index is -0.203. The van der Waals surface area contributed by atoms with Gasteiger partial charge < -0.3 is 10.2 Å². The highest BCUT2D eigenvalue weighted by atomic mass is 16.1. The Labute approximate surface area is 152 Å². The van der Waals surface area contributed by atoms with Crippen molar-refractivity contribution in [1.82, 2.24) is 30.3 Å². The predicted molar refractivity (Wildman–Crippen MR) is 100.0 cm³/mol. The Balaban J connectivity index is 1.72. The molecule has 0 aliphatic rings. The molecule has 0 fully saturated rings. The molecule has 2 N–H and O–H groups in total. The number of nitrogens with zero attached hydrogens (tertiary/aromatic N) is 5. The van der Waals surface area contributed by atoms with Crippen LogP contribution in [0.2, 0.25) is 0 Å². The number of H-pyrrole nitrogens is 1. The number of anilines is 1. The summed E-state index contributed by atoms with van der Waals surface area (Å²) in [7, 11) is 5.75. The number of hydrogen-bond acceptors (Lipinski definition) is 5. The third-order valence-electron chi connectivity index (χ3n) is 4.31. The zero-order chi connectivity index (χ0) is 18.8. The molecule has 3 aromatic rings. The van der Waals surface area contributed by atoms with Crippen LogP contribution in [0.3, 0.4) is 0 Å². The Bertz CT molecular complexity index is 939. The summed E-state index contributed by atoms with van der Waals surface area (Å²) >= 11 is 0. The van der Waals surface area contributed by atoms with E-state index in [0.29, 0.717) is 12.2 Å². The van der Waals surface area contributed by atoms with Crippen molar-refractivity contribution < 1.29 is 4.79 Å². The van der Waals surface area contributed by atoms with Crippen LogP contribution in [0.15, 0.2) is 24.4 Å². The van der Waals surface area contributed by atoms with E-state index in [4.69, 9.17) is 0 Å². The van der Waals surface area contributed by atoms with Crippen LogP contribution in [0.1, 0.15) is 27.4 Å². The lowest BCUT2D eigenvalue weighted by Gasteiger charge is -2.12. The van der Waals surface area contributed by atoms with Gasteiger partial charge in [0.15, 0.2) is 0 Å². The average molecular weight is 353 g/mol. The van der Waals surface area contributed by atoms with Crippen molar-refractivity contribution in [3.05, 3.63) is 47.0 Å². The van der Waals surface area contributed by atoms with Gasteiger partial charge in [0.1, 0.15) is 11.5 Å². The first-order valence-electron chi connectivity index (χ1n) is 8.33. The van der Waals surface area contributed by atoms with E-state index in [9.17, 15) is 4.79 Å². The molecule has 3 heterocycles. The van der Waals surface area contributed by atoms with Crippen molar-refractivity contribution in [2.45, 2.75) is 20.4 Å². The SMILES string of the molecule is Cc1nn(C)c(C)c1-c1cc(C(=O)NCc2ccnc(N(C)C)c2)[nH]n1. The van der Waals surface area contributed by atoms with E-state index in [-0.39, 0.29) is 5.91 Å². The Hall–Kier alpha value is -3.16. The van der Waals surface area contributed by atoms with Gasteiger partial charge in [-0.3, -0.25) is 14.6 Å². The van der Waals surface area contributed by atoms with Crippen LogP contribution >= 0.6 is 0 Å². The number of amides is 1. The minimum Gasteiger partial charge on any atom is -0.363 e. The summed E-state index contributed by atoms with van der Waals surface area (Å²) in [4.78, 5) is 18.6. The highest BCUT2D eigenvalue weighted by Crippen LogP contribution is 2.25. The number of aromatic amines is 1. The molecule has 0 aliphatic carbocycles. The van der Waals surface area contributed by atoms with Crippen molar-refractivity contribution >= 4 is 11.7 Å². The van der Waals surface area contributed by atoms with Crippen LogP contribution in [-0.2, 0) is 13.6 Å². The number of carbonyl (C=O) groups is 1. The Morgan fingerprint density at radius 3 is 2.73 bits per heavy atom. The lowest BCUT2D eigenvalue weighted by molar-refractivity contribution is 0.0946. The second-order valence-electron chi connectivity index (χ2n) is 6.44. The van der Waals surface area contributed by atoms with Gasteiger partial charge in [-0.15, -0.1) is 0 Å². The first kappa shape index (κ1) is 17.7. The van der Waals surface area contributed by atoms with Gasteiger partial charge in [-0.25, -0.2) is 4.98 Å². The van der Waals surface area contributed by atoms with Crippen LogP contribution in [0.25, 0.3) is 11.3 Å². The number of pyridine rings is 1. The Morgan fingerprint density at radius 2 is 2.08 bits per heavy atom. The van der Waals surface area contributed by atoms with E-state index in [1.54, 1.807) is 12.3 Å². The molecule has 0 atom stereocenters. The molecule has 0 saturated carbocycles. The fourth-order valence-electron chi connectivity index (χ4n) is 2.80. The fourth-order valence-corrected chi connectivity index (χ4v) is 2.80. The monoisotopic (exact) mass is 353 g/mol. The van der Waals surface area contributed by atoms with Crippen LogP contribution in [0.5, 0.6) is 0 Å². The number of aryl methyl sites for hydroxylation is 2. The molecule has 8 nitrogen and oxygen atoms in total. The van der Waals surface area contributed by atoms with Gasteiger partial charge in [0.2, 0.25) is 0 Å². The molecule has 3 aromatic heterocycles. The van der Waals surface area contributed by atoms with Gasteiger partial charge in [-0.05, 0) is 37.6 Å². The zero-order valence-electron chi connectivity index (χ0n) is 15.7. The standard InChI is InChI=1S/C18H23N7O/c1-11-17(12(2)25(5)23-11)14-9-15(22-21-14)18(26)20-10-13-6-7-19-16(8-13)24(3)4/h6-9H,10H2,1-5H3,(H,20,26)(H,21,22). The van der Waals surface area contributed by atoms with E-state index >= 15 is 0 Å². The van der Waals surface area contributed by atoms with Crippen LogP contribution in [-0.4, -0.2) is 45.0 Å². The van der Waals surface area contributed by atoms with Crippen molar-refractivity contribution in [3.63, 3.8) is 0 Å². The minimum absolute atomic E-state index is 0.203. The fraction of sp³-hybridized carbons (Fsp3) is 0.333. The molecule has 0 radical (unpaired) electrons. The average Bonchev–Trinajstić information content (AvgIpc) is 3.18. The number of hydrogen-bond donors (Lipinski definition) is 2. The summed E-state index contributed by atoms with van der Waals surface area (Å²) in [5, 5.41) is 14.4. The Kier molecular flexibility index (Phi) is 4.75. The summed E-state index contributed by atoms with van der Waals surface area (Å²) in [5.74, 6) is 0.647. The summed E-state index contributed by atoms with van der Waals surface area (Å²) in [5.41, 5.74) is 4.97. The predicted octanol–water partition coefficient (Wildman–Crippen LogP) is 1.82. The zero-order valence-corrected chi connectivity index (χ0v) is 15.7. The third kappa shape index (κ3) is 3.44.